The average molecular weight is 566 g/mol. The lowest BCUT2D eigenvalue weighted by Gasteiger charge is -2.28. The van der Waals surface area contributed by atoms with Gasteiger partial charge in [0.25, 0.3) is 0 Å². The number of aromatic nitrogens is 1. The largest absolute Gasteiger partial charge is 0.444 e. The Kier molecular flexibility index (Phi) is 13.9. The molecule has 1 unspecified atom stereocenters. The number of nitrogens with zero attached hydrogens (tertiary/aromatic N) is 3. The topological polar surface area (TPSA) is 92.0 Å². The summed E-state index contributed by atoms with van der Waals surface area (Å²) in [6, 6.07) is 0.0275. The molecule has 8 nitrogen and oxygen atoms in total. The van der Waals surface area contributed by atoms with Crippen LogP contribution in [0.25, 0.3) is 0 Å². The number of carbonyl (C=O) groups excluding carboxylic acids is 1. The van der Waals surface area contributed by atoms with Gasteiger partial charge in [0.15, 0.2) is 5.96 Å². The first-order valence-electron chi connectivity index (χ1n) is 11.3. The number of hydrogen-bond acceptors (Lipinski definition) is 5. The van der Waals surface area contributed by atoms with Crippen molar-refractivity contribution in [2.45, 2.75) is 86.3 Å². The van der Waals surface area contributed by atoms with Gasteiger partial charge >= 0.3 is 6.09 Å². The van der Waals surface area contributed by atoms with E-state index in [1.807, 2.05) is 41.7 Å². The summed E-state index contributed by atoms with van der Waals surface area (Å²) in [7, 11) is 2.03. The van der Waals surface area contributed by atoms with Crippen molar-refractivity contribution in [3.63, 3.8) is 0 Å². The highest BCUT2D eigenvalue weighted by molar-refractivity contribution is 14.0. The molecule has 1 rings (SSSR count). The van der Waals surface area contributed by atoms with Gasteiger partial charge in [-0.3, -0.25) is 4.99 Å². The third-order valence-electron chi connectivity index (χ3n) is 5.01. The number of alkyl carbamates (subject to hydrolysis) is 1. The van der Waals surface area contributed by atoms with Crippen LogP contribution in [0.2, 0.25) is 0 Å². The highest BCUT2D eigenvalue weighted by atomic mass is 127. The second-order valence-electron chi connectivity index (χ2n) is 9.35. The maximum atomic E-state index is 12.2. The molecule has 2 N–H and O–H groups in total. The number of halogens is 1. The average Bonchev–Trinajstić information content (AvgIpc) is 2.97. The lowest BCUT2D eigenvalue weighted by molar-refractivity contribution is 0.0486. The van der Waals surface area contributed by atoms with Gasteiger partial charge in [-0.25, -0.2) is 4.79 Å². The molecule has 1 amide bonds. The fourth-order valence-electron chi connectivity index (χ4n) is 3.24. The molecule has 0 bridgehead atoms. The van der Waals surface area contributed by atoms with E-state index in [1.165, 1.54) is 5.56 Å². The first kappa shape index (κ1) is 30.5. The van der Waals surface area contributed by atoms with E-state index in [0.29, 0.717) is 5.92 Å². The van der Waals surface area contributed by atoms with Crippen molar-refractivity contribution >= 4 is 36.0 Å². The molecule has 186 valence electrons. The van der Waals surface area contributed by atoms with Gasteiger partial charge in [0.2, 0.25) is 0 Å². The molecule has 1 atom stereocenters. The van der Waals surface area contributed by atoms with E-state index < -0.39 is 5.60 Å². The minimum atomic E-state index is -0.503. The van der Waals surface area contributed by atoms with Crippen molar-refractivity contribution in [1.82, 2.24) is 20.7 Å². The van der Waals surface area contributed by atoms with Crippen LogP contribution in [-0.2, 0) is 11.2 Å². The fraction of sp³-hybridized carbons (Fsp3) is 0.783. The monoisotopic (exact) mass is 565 g/mol. The molecule has 1 aromatic rings. The predicted octanol–water partition coefficient (Wildman–Crippen LogP) is 4.68. The zero-order valence-electron chi connectivity index (χ0n) is 21.4. The van der Waals surface area contributed by atoms with E-state index >= 15 is 0 Å². The summed E-state index contributed by atoms with van der Waals surface area (Å²) in [5, 5.41) is 10.4. The molecule has 0 saturated heterocycles. The maximum absolute atomic E-state index is 12.2. The minimum absolute atomic E-state index is 0. The number of guanidine groups is 1. The van der Waals surface area contributed by atoms with Gasteiger partial charge in [-0.2, -0.15) is 0 Å². The van der Waals surface area contributed by atoms with Gasteiger partial charge in [-0.1, -0.05) is 19.0 Å². The molecule has 1 heterocycles. The molecule has 0 spiro atoms. The zero-order valence-corrected chi connectivity index (χ0v) is 23.7. The lowest BCUT2D eigenvalue weighted by Crippen LogP contribution is -2.45. The third kappa shape index (κ3) is 11.4. The van der Waals surface area contributed by atoms with Crippen LogP contribution >= 0.6 is 24.0 Å². The van der Waals surface area contributed by atoms with Gasteiger partial charge in [-0.15, -0.1) is 24.0 Å². The van der Waals surface area contributed by atoms with Crippen molar-refractivity contribution < 1.29 is 14.1 Å². The number of nitrogens with one attached hydrogen (secondary N) is 2. The summed E-state index contributed by atoms with van der Waals surface area (Å²) >= 11 is 0. The number of aryl methyl sites for hydroxylation is 2. The predicted molar refractivity (Wildman–Crippen MR) is 141 cm³/mol. The van der Waals surface area contributed by atoms with Crippen LogP contribution in [-0.4, -0.2) is 60.4 Å². The molecule has 0 fully saturated rings. The van der Waals surface area contributed by atoms with Crippen LogP contribution in [0.15, 0.2) is 9.52 Å². The summed E-state index contributed by atoms with van der Waals surface area (Å²) in [6.45, 7) is 18.1. The van der Waals surface area contributed by atoms with Gasteiger partial charge in [0.1, 0.15) is 11.4 Å². The molecule has 0 aromatic carbocycles. The van der Waals surface area contributed by atoms with Crippen molar-refractivity contribution in [1.29, 1.82) is 0 Å². The van der Waals surface area contributed by atoms with Crippen molar-refractivity contribution in [2.24, 2.45) is 10.9 Å². The highest BCUT2D eigenvalue weighted by Gasteiger charge is 2.22. The fourth-order valence-corrected chi connectivity index (χ4v) is 3.24. The summed E-state index contributed by atoms with van der Waals surface area (Å²) in [5.74, 6) is 2.07. The van der Waals surface area contributed by atoms with Crippen molar-refractivity contribution in [2.75, 3.05) is 26.7 Å². The molecule has 1 aromatic heterocycles. The Morgan fingerprint density at radius 1 is 1.28 bits per heavy atom. The minimum Gasteiger partial charge on any atom is -0.444 e. The van der Waals surface area contributed by atoms with Gasteiger partial charge < -0.3 is 24.8 Å². The van der Waals surface area contributed by atoms with Crippen LogP contribution < -0.4 is 10.6 Å². The Bertz CT molecular complexity index is 693. The Morgan fingerprint density at radius 3 is 2.44 bits per heavy atom. The van der Waals surface area contributed by atoms with Crippen LogP contribution in [0.5, 0.6) is 0 Å². The summed E-state index contributed by atoms with van der Waals surface area (Å²) in [4.78, 5) is 19.1. The van der Waals surface area contributed by atoms with E-state index in [9.17, 15) is 4.79 Å². The number of hydrogen-bond donors (Lipinski definition) is 2. The Morgan fingerprint density at radius 2 is 1.94 bits per heavy atom. The van der Waals surface area contributed by atoms with E-state index in [0.717, 1.165) is 56.3 Å². The number of aliphatic imine (C=N–C) groups is 1. The molecule has 0 radical (unpaired) electrons. The molecule has 0 saturated carbocycles. The molecule has 0 aliphatic rings. The smallest absolute Gasteiger partial charge is 0.407 e. The molecule has 32 heavy (non-hydrogen) atoms. The quantitative estimate of drug-likeness (QED) is 0.185. The maximum Gasteiger partial charge on any atom is 0.407 e. The molecular formula is C23H44IN5O3. The normalized spacial score (nSPS) is 12.9. The number of carbonyl (C=O) groups is 1. The van der Waals surface area contributed by atoms with Crippen LogP contribution in [0, 0.1) is 19.8 Å². The van der Waals surface area contributed by atoms with Crippen LogP contribution in [0.4, 0.5) is 4.79 Å². The summed E-state index contributed by atoms with van der Waals surface area (Å²) in [5.41, 5.74) is 1.64. The van der Waals surface area contributed by atoms with Crippen molar-refractivity contribution in [3.05, 3.63) is 17.0 Å². The standard InChI is InChI=1S/C23H43N5O3.HI/c1-10-24-21(25-14-11-12-19-17(4)27-31-18(19)5)28(9)15-13-20(16(2)3)26-22(29)30-23(6,7)8;/h16,20H,10-15H2,1-9H3,(H,24,25)(H,26,29);1H. The third-order valence-corrected chi connectivity index (χ3v) is 5.01. The van der Waals surface area contributed by atoms with E-state index in [1.54, 1.807) is 0 Å². The zero-order chi connectivity index (χ0) is 23.6. The Labute approximate surface area is 211 Å². The van der Waals surface area contributed by atoms with Gasteiger partial charge in [-0.05, 0) is 66.7 Å². The van der Waals surface area contributed by atoms with Crippen LogP contribution in [0.3, 0.4) is 0 Å². The van der Waals surface area contributed by atoms with Crippen LogP contribution in [0.1, 0.15) is 71.4 Å². The summed E-state index contributed by atoms with van der Waals surface area (Å²) in [6.07, 6.45) is 2.27. The molecular weight excluding hydrogens is 521 g/mol. The Balaban J connectivity index is 0.00000961. The first-order chi connectivity index (χ1) is 14.4. The first-order valence-corrected chi connectivity index (χ1v) is 11.3. The molecule has 0 aliphatic carbocycles. The second-order valence-corrected chi connectivity index (χ2v) is 9.35. The van der Waals surface area contributed by atoms with Crippen molar-refractivity contribution in [3.8, 4) is 0 Å². The highest BCUT2D eigenvalue weighted by Crippen LogP contribution is 2.14. The SMILES string of the molecule is CCNC(=NCCCc1c(C)noc1C)N(C)CCC(NC(=O)OC(C)(C)C)C(C)C.I. The number of ether oxygens (including phenoxy) is 1. The summed E-state index contributed by atoms with van der Waals surface area (Å²) < 4.78 is 10.6. The Hall–Kier alpha value is -1.52. The van der Waals surface area contributed by atoms with E-state index in [2.05, 4.69) is 41.5 Å². The molecule has 9 heteroatoms. The molecule has 0 aliphatic heterocycles. The van der Waals surface area contributed by atoms with E-state index in [-0.39, 0.29) is 36.1 Å². The number of amides is 1. The van der Waals surface area contributed by atoms with E-state index in [4.69, 9.17) is 14.3 Å². The second kappa shape index (κ2) is 14.6. The number of rotatable bonds is 10. The van der Waals surface area contributed by atoms with Gasteiger partial charge in [0.05, 0.1) is 5.69 Å². The van der Waals surface area contributed by atoms with Gasteiger partial charge in [0, 0.05) is 38.3 Å². The lowest BCUT2D eigenvalue weighted by atomic mass is 10.0.